The number of rotatable bonds is 3. The van der Waals surface area contributed by atoms with Gasteiger partial charge in [0.05, 0.1) is 11.3 Å². The van der Waals surface area contributed by atoms with Crippen molar-refractivity contribution in [2.24, 2.45) is 0 Å². The van der Waals surface area contributed by atoms with Gasteiger partial charge in [-0.1, -0.05) is 36.4 Å². The SMILES string of the molecule is Oc1ccc(-c2ccc(-c3cc(C(F)(F)F)c(-c4ccc(O)cc4)nn3)cc2)cc1. The minimum absolute atomic E-state index is 0.0504. The van der Waals surface area contributed by atoms with Crippen LogP contribution in [-0.4, -0.2) is 20.4 Å². The predicted molar refractivity (Wildman–Crippen MR) is 107 cm³/mol. The summed E-state index contributed by atoms with van der Waals surface area (Å²) in [4.78, 5) is 0. The third kappa shape index (κ3) is 3.96. The monoisotopic (exact) mass is 408 g/mol. The van der Waals surface area contributed by atoms with Crippen LogP contribution in [0.5, 0.6) is 11.5 Å². The molecule has 3 aromatic carbocycles. The summed E-state index contributed by atoms with van der Waals surface area (Å²) in [6.07, 6.45) is -4.62. The molecule has 0 fully saturated rings. The first-order chi connectivity index (χ1) is 14.3. The van der Waals surface area contributed by atoms with E-state index in [1.165, 1.54) is 24.3 Å². The number of aromatic hydroxyl groups is 2. The van der Waals surface area contributed by atoms with E-state index in [1.54, 1.807) is 48.5 Å². The molecule has 0 aliphatic rings. The maximum atomic E-state index is 13.7. The molecule has 1 heterocycles. The van der Waals surface area contributed by atoms with Crippen LogP contribution in [0.25, 0.3) is 33.6 Å². The Hall–Kier alpha value is -3.87. The predicted octanol–water partition coefficient (Wildman–Crippen LogP) is 5.91. The van der Waals surface area contributed by atoms with Crippen molar-refractivity contribution in [3.05, 3.63) is 84.4 Å². The Kier molecular flexibility index (Phi) is 4.87. The molecular weight excluding hydrogens is 393 g/mol. The molecule has 30 heavy (non-hydrogen) atoms. The number of benzene rings is 3. The number of nitrogens with zero attached hydrogens (tertiary/aromatic N) is 2. The fourth-order valence-electron chi connectivity index (χ4n) is 3.07. The van der Waals surface area contributed by atoms with E-state index in [-0.39, 0.29) is 28.5 Å². The Labute approximate surface area is 169 Å². The molecule has 0 amide bonds. The van der Waals surface area contributed by atoms with Gasteiger partial charge in [0.1, 0.15) is 17.2 Å². The molecule has 0 spiro atoms. The van der Waals surface area contributed by atoms with E-state index < -0.39 is 11.7 Å². The molecule has 0 atom stereocenters. The standard InChI is InChI=1S/C23H15F3N2O2/c24-23(25,26)20-13-21(27-28-22(20)17-7-11-19(30)12-8-17)16-3-1-14(2-4-16)15-5-9-18(29)10-6-15/h1-13,29-30H. The molecule has 0 saturated heterocycles. The molecule has 150 valence electrons. The Balaban J connectivity index is 1.72. The molecular formula is C23H15F3N2O2. The van der Waals surface area contributed by atoms with Gasteiger partial charge < -0.3 is 10.2 Å². The number of hydrogen-bond acceptors (Lipinski definition) is 4. The van der Waals surface area contributed by atoms with Crippen LogP contribution in [0.2, 0.25) is 0 Å². The fourth-order valence-corrected chi connectivity index (χ4v) is 3.07. The number of phenols is 2. The first-order valence-electron chi connectivity index (χ1n) is 8.95. The Morgan fingerprint density at radius 3 is 1.50 bits per heavy atom. The van der Waals surface area contributed by atoms with Crippen LogP contribution in [0, 0.1) is 0 Å². The van der Waals surface area contributed by atoms with Crippen molar-refractivity contribution in [2.75, 3.05) is 0 Å². The summed E-state index contributed by atoms with van der Waals surface area (Å²) < 4.78 is 41.1. The summed E-state index contributed by atoms with van der Waals surface area (Å²) in [5.41, 5.74) is 1.32. The zero-order valence-electron chi connectivity index (χ0n) is 15.4. The average molecular weight is 408 g/mol. The number of phenolic OH excluding ortho intramolecular Hbond substituents is 2. The van der Waals surface area contributed by atoms with Gasteiger partial charge in [-0.05, 0) is 53.6 Å². The molecule has 1 aromatic heterocycles. The topological polar surface area (TPSA) is 66.2 Å². The lowest BCUT2D eigenvalue weighted by atomic mass is 10.0. The van der Waals surface area contributed by atoms with Crippen molar-refractivity contribution >= 4 is 0 Å². The molecule has 4 aromatic rings. The number of aromatic nitrogens is 2. The van der Waals surface area contributed by atoms with E-state index in [0.717, 1.165) is 17.2 Å². The van der Waals surface area contributed by atoms with E-state index in [4.69, 9.17) is 0 Å². The van der Waals surface area contributed by atoms with Gasteiger partial charge in [-0.15, -0.1) is 10.2 Å². The van der Waals surface area contributed by atoms with Crippen molar-refractivity contribution in [2.45, 2.75) is 6.18 Å². The summed E-state index contributed by atoms with van der Waals surface area (Å²) in [6, 6.07) is 19.8. The average Bonchev–Trinajstić information content (AvgIpc) is 2.74. The highest BCUT2D eigenvalue weighted by Gasteiger charge is 2.35. The molecule has 0 saturated carbocycles. The van der Waals surface area contributed by atoms with Gasteiger partial charge >= 0.3 is 6.18 Å². The first kappa shape index (κ1) is 19.4. The summed E-state index contributed by atoms with van der Waals surface area (Å²) in [5.74, 6) is 0.102. The smallest absolute Gasteiger partial charge is 0.418 e. The van der Waals surface area contributed by atoms with Crippen molar-refractivity contribution in [1.29, 1.82) is 0 Å². The number of halogens is 3. The Morgan fingerprint density at radius 1 is 0.567 bits per heavy atom. The van der Waals surface area contributed by atoms with E-state index >= 15 is 0 Å². The van der Waals surface area contributed by atoms with Crippen LogP contribution >= 0.6 is 0 Å². The van der Waals surface area contributed by atoms with Gasteiger partial charge in [0.2, 0.25) is 0 Å². The highest BCUT2D eigenvalue weighted by molar-refractivity contribution is 5.71. The summed E-state index contributed by atoms with van der Waals surface area (Å²) in [7, 11) is 0. The lowest BCUT2D eigenvalue weighted by molar-refractivity contribution is -0.137. The lowest BCUT2D eigenvalue weighted by Gasteiger charge is -2.13. The van der Waals surface area contributed by atoms with Gasteiger partial charge in [0, 0.05) is 11.1 Å². The van der Waals surface area contributed by atoms with Crippen LogP contribution in [0.4, 0.5) is 13.2 Å². The van der Waals surface area contributed by atoms with Crippen LogP contribution in [0.1, 0.15) is 5.56 Å². The highest BCUT2D eigenvalue weighted by Crippen LogP contribution is 2.38. The molecule has 0 aliphatic carbocycles. The highest BCUT2D eigenvalue weighted by atomic mass is 19.4. The number of alkyl halides is 3. The van der Waals surface area contributed by atoms with Gasteiger partial charge in [-0.25, -0.2) is 0 Å². The zero-order chi connectivity index (χ0) is 21.3. The molecule has 0 radical (unpaired) electrons. The van der Waals surface area contributed by atoms with E-state index in [2.05, 4.69) is 10.2 Å². The molecule has 4 nitrogen and oxygen atoms in total. The second-order valence-corrected chi connectivity index (χ2v) is 6.66. The van der Waals surface area contributed by atoms with Crippen LogP contribution in [0.15, 0.2) is 78.9 Å². The van der Waals surface area contributed by atoms with Gasteiger partial charge in [0.15, 0.2) is 0 Å². The molecule has 0 unspecified atom stereocenters. The Morgan fingerprint density at radius 2 is 1.00 bits per heavy atom. The molecule has 7 heteroatoms. The molecule has 0 bridgehead atoms. The van der Waals surface area contributed by atoms with Crippen LogP contribution < -0.4 is 0 Å². The van der Waals surface area contributed by atoms with E-state index in [0.29, 0.717) is 5.56 Å². The normalized spacial score (nSPS) is 11.4. The van der Waals surface area contributed by atoms with Crippen LogP contribution in [-0.2, 0) is 6.18 Å². The third-order valence-corrected chi connectivity index (χ3v) is 4.62. The van der Waals surface area contributed by atoms with Crippen molar-refractivity contribution in [3.8, 4) is 45.1 Å². The second kappa shape index (κ2) is 7.51. The van der Waals surface area contributed by atoms with Gasteiger partial charge in [-0.2, -0.15) is 13.2 Å². The molecule has 2 N–H and O–H groups in total. The third-order valence-electron chi connectivity index (χ3n) is 4.62. The van der Waals surface area contributed by atoms with Crippen LogP contribution in [0.3, 0.4) is 0 Å². The minimum atomic E-state index is -4.62. The zero-order valence-corrected chi connectivity index (χ0v) is 15.4. The minimum Gasteiger partial charge on any atom is -0.508 e. The number of hydrogen-bond donors (Lipinski definition) is 2. The first-order valence-corrected chi connectivity index (χ1v) is 8.95. The van der Waals surface area contributed by atoms with Crippen molar-refractivity contribution in [3.63, 3.8) is 0 Å². The molecule has 4 rings (SSSR count). The van der Waals surface area contributed by atoms with Crippen molar-refractivity contribution in [1.82, 2.24) is 10.2 Å². The summed E-state index contributed by atoms with van der Waals surface area (Å²) in [6.45, 7) is 0. The van der Waals surface area contributed by atoms with E-state index in [1.807, 2.05) is 0 Å². The van der Waals surface area contributed by atoms with E-state index in [9.17, 15) is 23.4 Å². The largest absolute Gasteiger partial charge is 0.508 e. The summed E-state index contributed by atoms with van der Waals surface area (Å²) >= 11 is 0. The maximum Gasteiger partial charge on any atom is 0.418 e. The lowest BCUT2D eigenvalue weighted by Crippen LogP contribution is -2.10. The Bertz CT molecular complexity index is 1170. The maximum absolute atomic E-state index is 13.7. The fraction of sp³-hybridized carbons (Fsp3) is 0.0435. The van der Waals surface area contributed by atoms with Gasteiger partial charge in [-0.3, -0.25) is 0 Å². The summed E-state index contributed by atoms with van der Waals surface area (Å²) in [5, 5.41) is 26.6. The molecule has 0 aliphatic heterocycles. The quantitative estimate of drug-likeness (QED) is 0.442. The van der Waals surface area contributed by atoms with Gasteiger partial charge in [0.25, 0.3) is 0 Å². The second-order valence-electron chi connectivity index (χ2n) is 6.66. The van der Waals surface area contributed by atoms with Crippen molar-refractivity contribution < 1.29 is 23.4 Å².